The lowest BCUT2D eigenvalue weighted by atomic mass is 10.2. The second-order valence-corrected chi connectivity index (χ2v) is 10.2. The Morgan fingerprint density at radius 2 is 1.97 bits per heavy atom. The van der Waals surface area contributed by atoms with Crippen LogP contribution in [0.5, 0.6) is 0 Å². The number of aromatic nitrogens is 2. The van der Waals surface area contributed by atoms with E-state index in [1.54, 1.807) is 35.1 Å². The number of thiocarbonyl (C=S) groups is 1. The standard InChI is InChI=1S/C24H29N5O4S2/c1-5-16(4)29-22(31)18(35-24(29)34)14-17-20(25-19-15(3)8-7-9-28(19)21(17)30)26-10-12-27(13-11-26)23(32)33-6-2/h7-9,14,16H,5-6,10-13H2,1-4H3/b18-14-/t16-/m1/s1. The highest BCUT2D eigenvalue weighted by molar-refractivity contribution is 8.26. The maximum Gasteiger partial charge on any atom is 0.409 e. The van der Waals surface area contributed by atoms with E-state index >= 15 is 0 Å². The van der Waals surface area contributed by atoms with Crippen molar-refractivity contribution in [1.29, 1.82) is 0 Å². The molecule has 9 nitrogen and oxygen atoms in total. The third-order valence-corrected chi connectivity index (χ3v) is 7.63. The van der Waals surface area contributed by atoms with Gasteiger partial charge in [-0.15, -0.1) is 0 Å². The Kier molecular flexibility index (Phi) is 7.46. The molecule has 186 valence electrons. The number of anilines is 1. The molecular formula is C24H29N5O4S2. The van der Waals surface area contributed by atoms with Crippen molar-refractivity contribution >= 4 is 57.8 Å². The number of carbonyl (C=O) groups excluding carboxylic acids is 2. The van der Waals surface area contributed by atoms with Crippen LogP contribution in [0.3, 0.4) is 0 Å². The van der Waals surface area contributed by atoms with Gasteiger partial charge in [0.05, 0.1) is 17.1 Å². The summed E-state index contributed by atoms with van der Waals surface area (Å²) in [6.45, 7) is 9.83. The molecule has 0 N–H and O–H groups in total. The van der Waals surface area contributed by atoms with Gasteiger partial charge >= 0.3 is 6.09 Å². The molecule has 2 amide bonds. The lowest BCUT2D eigenvalue weighted by molar-refractivity contribution is -0.123. The Hall–Kier alpha value is -2.92. The maximum atomic E-state index is 13.6. The fourth-order valence-corrected chi connectivity index (χ4v) is 5.60. The minimum atomic E-state index is -0.344. The number of nitrogens with zero attached hydrogens (tertiary/aromatic N) is 5. The molecule has 35 heavy (non-hydrogen) atoms. The number of hydrogen-bond donors (Lipinski definition) is 0. The summed E-state index contributed by atoms with van der Waals surface area (Å²) in [4.78, 5) is 49.5. The number of thioether (sulfide) groups is 1. The third-order valence-electron chi connectivity index (χ3n) is 6.30. The van der Waals surface area contributed by atoms with Crippen LogP contribution in [-0.4, -0.2) is 74.3 Å². The lowest BCUT2D eigenvalue weighted by Gasteiger charge is -2.35. The second-order valence-electron chi connectivity index (χ2n) is 8.52. The monoisotopic (exact) mass is 515 g/mol. The minimum Gasteiger partial charge on any atom is -0.450 e. The SMILES string of the molecule is CCOC(=O)N1CCN(c2nc3c(C)cccn3c(=O)c2/C=C2\SC(=S)N([C@H](C)CC)C2=O)CC1. The van der Waals surface area contributed by atoms with E-state index in [0.29, 0.717) is 59.0 Å². The van der Waals surface area contributed by atoms with E-state index in [9.17, 15) is 14.4 Å². The minimum absolute atomic E-state index is 0.0256. The van der Waals surface area contributed by atoms with E-state index in [1.165, 1.54) is 16.2 Å². The average Bonchev–Trinajstić information content (AvgIpc) is 3.13. The number of pyridine rings is 1. The summed E-state index contributed by atoms with van der Waals surface area (Å²) in [6, 6.07) is 3.68. The topological polar surface area (TPSA) is 87.5 Å². The van der Waals surface area contributed by atoms with Crippen LogP contribution in [0.1, 0.15) is 38.3 Å². The van der Waals surface area contributed by atoms with E-state index in [4.69, 9.17) is 21.9 Å². The van der Waals surface area contributed by atoms with Gasteiger partial charge in [0.1, 0.15) is 15.8 Å². The first-order chi connectivity index (χ1) is 16.8. The molecule has 0 aliphatic carbocycles. The summed E-state index contributed by atoms with van der Waals surface area (Å²) >= 11 is 6.67. The molecular weight excluding hydrogens is 486 g/mol. The first-order valence-electron chi connectivity index (χ1n) is 11.7. The molecule has 2 saturated heterocycles. The fraction of sp³-hybridized carbons (Fsp3) is 0.458. The van der Waals surface area contributed by atoms with E-state index in [-0.39, 0.29) is 23.6 Å². The molecule has 0 aromatic carbocycles. The molecule has 2 aliphatic heterocycles. The predicted molar refractivity (Wildman–Crippen MR) is 142 cm³/mol. The molecule has 2 aromatic rings. The highest BCUT2D eigenvalue weighted by atomic mass is 32.2. The van der Waals surface area contributed by atoms with Gasteiger partial charge in [-0.05, 0) is 44.9 Å². The Labute approximate surface area is 213 Å². The largest absolute Gasteiger partial charge is 0.450 e. The molecule has 2 fully saturated rings. The summed E-state index contributed by atoms with van der Waals surface area (Å²) in [5.74, 6) is 0.308. The van der Waals surface area contributed by atoms with Crippen molar-refractivity contribution in [2.45, 2.75) is 40.2 Å². The van der Waals surface area contributed by atoms with Crippen LogP contribution in [-0.2, 0) is 9.53 Å². The van der Waals surface area contributed by atoms with Crippen molar-refractivity contribution in [1.82, 2.24) is 19.2 Å². The van der Waals surface area contributed by atoms with Crippen LogP contribution in [0.2, 0.25) is 0 Å². The molecule has 4 rings (SSSR count). The van der Waals surface area contributed by atoms with Crippen molar-refractivity contribution < 1.29 is 14.3 Å². The van der Waals surface area contributed by atoms with E-state index in [1.807, 2.05) is 31.7 Å². The molecule has 0 radical (unpaired) electrons. The first-order valence-corrected chi connectivity index (χ1v) is 12.9. The van der Waals surface area contributed by atoms with Gasteiger partial charge in [-0.3, -0.25) is 18.9 Å². The summed E-state index contributed by atoms with van der Waals surface area (Å²) in [5, 5.41) is 0. The number of piperazine rings is 1. The summed E-state index contributed by atoms with van der Waals surface area (Å²) in [6.07, 6.45) is 3.74. The van der Waals surface area contributed by atoms with Crippen molar-refractivity contribution in [3.8, 4) is 0 Å². The van der Waals surface area contributed by atoms with Gasteiger partial charge in [-0.1, -0.05) is 37.0 Å². The van der Waals surface area contributed by atoms with Crippen molar-refractivity contribution in [3.05, 3.63) is 44.7 Å². The average molecular weight is 516 g/mol. The molecule has 0 saturated carbocycles. The van der Waals surface area contributed by atoms with Gasteiger partial charge in [-0.2, -0.15) is 0 Å². The Morgan fingerprint density at radius 1 is 1.26 bits per heavy atom. The molecule has 11 heteroatoms. The van der Waals surface area contributed by atoms with Gasteiger partial charge in [-0.25, -0.2) is 9.78 Å². The van der Waals surface area contributed by atoms with Crippen LogP contribution in [0, 0.1) is 6.92 Å². The Balaban J connectivity index is 1.77. The van der Waals surface area contributed by atoms with E-state index in [2.05, 4.69) is 0 Å². The quantitative estimate of drug-likeness (QED) is 0.443. The maximum absolute atomic E-state index is 13.6. The summed E-state index contributed by atoms with van der Waals surface area (Å²) in [5.41, 5.74) is 1.51. The highest BCUT2D eigenvalue weighted by Gasteiger charge is 2.35. The lowest BCUT2D eigenvalue weighted by Crippen LogP contribution is -2.49. The van der Waals surface area contributed by atoms with Crippen LogP contribution >= 0.6 is 24.0 Å². The molecule has 2 aromatic heterocycles. The predicted octanol–water partition coefficient (Wildman–Crippen LogP) is 3.28. The van der Waals surface area contributed by atoms with E-state index in [0.717, 1.165) is 12.0 Å². The number of ether oxygens (including phenoxy) is 1. The van der Waals surface area contributed by atoms with Crippen molar-refractivity contribution in [3.63, 3.8) is 0 Å². The van der Waals surface area contributed by atoms with Crippen molar-refractivity contribution in [2.75, 3.05) is 37.7 Å². The smallest absolute Gasteiger partial charge is 0.409 e. The van der Waals surface area contributed by atoms with Gasteiger partial charge in [0.25, 0.3) is 11.5 Å². The van der Waals surface area contributed by atoms with Gasteiger partial charge in [0, 0.05) is 38.4 Å². The zero-order valence-corrected chi connectivity index (χ0v) is 21.9. The van der Waals surface area contributed by atoms with E-state index < -0.39 is 0 Å². The highest BCUT2D eigenvalue weighted by Crippen LogP contribution is 2.35. The van der Waals surface area contributed by atoms with Crippen LogP contribution in [0.25, 0.3) is 11.7 Å². The zero-order chi connectivity index (χ0) is 25.3. The van der Waals surface area contributed by atoms with Gasteiger partial charge in [0.2, 0.25) is 0 Å². The van der Waals surface area contributed by atoms with Crippen molar-refractivity contribution in [2.24, 2.45) is 0 Å². The molecule has 0 spiro atoms. The number of fused-ring (bicyclic) bond motifs is 1. The number of aryl methyl sites for hydroxylation is 1. The molecule has 2 aliphatic rings. The Morgan fingerprint density at radius 3 is 2.63 bits per heavy atom. The number of hydrogen-bond acceptors (Lipinski definition) is 8. The normalized spacial score (nSPS) is 18.6. The Bertz CT molecular complexity index is 1270. The number of carbonyl (C=O) groups is 2. The van der Waals surface area contributed by atoms with Crippen LogP contribution < -0.4 is 10.5 Å². The molecule has 4 heterocycles. The zero-order valence-electron chi connectivity index (χ0n) is 20.3. The third kappa shape index (κ3) is 4.79. The molecule has 0 bridgehead atoms. The number of amides is 2. The van der Waals surface area contributed by atoms with Crippen LogP contribution in [0.4, 0.5) is 10.6 Å². The summed E-state index contributed by atoms with van der Waals surface area (Å²) < 4.78 is 7.12. The molecule has 1 atom stereocenters. The van der Waals surface area contributed by atoms with Gasteiger partial charge < -0.3 is 14.5 Å². The fourth-order valence-electron chi connectivity index (χ4n) is 4.16. The number of rotatable bonds is 5. The summed E-state index contributed by atoms with van der Waals surface area (Å²) in [7, 11) is 0. The first kappa shape index (κ1) is 25.2. The van der Waals surface area contributed by atoms with Gasteiger partial charge in [0.15, 0.2) is 0 Å². The molecule has 0 unspecified atom stereocenters. The van der Waals surface area contributed by atoms with Crippen LogP contribution in [0.15, 0.2) is 28.0 Å². The second kappa shape index (κ2) is 10.4.